The van der Waals surface area contributed by atoms with Crippen molar-refractivity contribution in [1.29, 1.82) is 0 Å². The first-order valence-corrected chi connectivity index (χ1v) is 18.5. The predicted molar refractivity (Wildman–Crippen MR) is 178 cm³/mol. The number of hydrogen-bond acceptors (Lipinski definition) is 6. The molecule has 0 amide bonds. The summed E-state index contributed by atoms with van der Waals surface area (Å²) < 4.78 is 10.4. The summed E-state index contributed by atoms with van der Waals surface area (Å²) in [6, 6.07) is 0. The van der Waals surface area contributed by atoms with Crippen molar-refractivity contribution in [3.63, 3.8) is 0 Å². The second-order valence-corrected chi connectivity index (χ2v) is 12.7. The normalized spacial score (nSPS) is 12.7. The van der Waals surface area contributed by atoms with Gasteiger partial charge in [-0.2, -0.15) is 0 Å². The number of carbonyl (C=O) groups excluding carboxylic acids is 3. The Labute approximate surface area is 265 Å². The molecule has 0 saturated carbocycles. The molecule has 0 radical (unpaired) electrons. The number of ketones is 1. The lowest BCUT2D eigenvalue weighted by Crippen LogP contribution is -2.41. The van der Waals surface area contributed by atoms with Crippen LogP contribution in [0.4, 0.5) is 0 Å². The summed E-state index contributed by atoms with van der Waals surface area (Å²) >= 11 is 0. The fraction of sp³-hybridized carbons (Fsp3) is 0.919. The smallest absolute Gasteiger partial charge is 0.306 e. The molecule has 2 atom stereocenters. The van der Waals surface area contributed by atoms with Gasteiger partial charge < -0.3 is 14.6 Å². The second-order valence-electron chi connectivity index (χ2n) is 12.7. The van der Waals surface area contributed by atoms with Crippen molar-refractivity contribution in [1.82, 2.24) is 0 Å². The number of carbonyl (C=O) groups is 3. The third-order valence-electron chi connectivity index (χ3n) is 8.43. The largest absolute Gasteiger partial charge is 0.462 e. The molecular formula is C37H70O6. The summed E-state index contributed by atoms with van der Waals surface area (Å²) in [5.41, 5.74) is 0. The molecule has 0 spiro atoms. The summed E-state index contributed by atoms with van der Waals surface area (Å²) in [4.78, 5) is 36.4. The topological polar surface area (TPSA) is 89.9 Å². The van der Waals surface area contributed by atoms with Gasteiger partial charge in [-0.25, -0.2) is 0 Å². The van der Waals surface area contributed by atoms with E-state index in [1.165, 1.54) is 135 Å². The van der Waals surface area contributed by atoms with Crippen LogP contribution in [0.3, 0.4) is 0 Å². The lowest BCUT2D eigenvalue weighted by Gasteiger charge is -2.22. The van der Waals surface area contributed by atoms with Gasteiger partial charge in [0.15, 0.2) is 18.0 Å². The van der Waals surface area contributed by atoms with Gasteiger partial charge in [-0.3, -0.25) is 14.4 Å². The minimum absolute atomic E-state index is 0.242. The minimum atomic E-state index is -1.47. The van der Waals surface area contributed by atoms with Crippen molar-refractivity contribution in [2.24, 2.45) is 0 Å². The van der Waals surface area contributed by atoms with Gasteiger partial charge in [0.1, 0.15) is 6.61 Å². The highest BCUT2D eigenvalue weighted by molar-refractivity contribution is 5.84. The van der Waals surface area contributed by atoms with Gasteiger partial charge in [0.2, 0.25) is 0 Å². The summed E-state index contributed by atoms with van der Waals surface area (Å²) in [6.07, 6.45) is 29.7. The van der Waals surface area contributed by atoms with E-state index in [-0.39, 0.29) is 25.2 Å². The SMILES string of the molecule is CCCCCCCCCCCCCCCC(=O)OC(COC(C)=O)C(O)C(=O)CCCCCCCCCCCCCCC. The van der Waals surface area contributed by atoms with E-state index in [4.69, 9.17) is 9.47 Å². The molecule has 0 aromatic rings. The Balaban J connectivity index is 4.01. The van der Waals surface area contributed by atoms with Crippen molar-refractivity contribution < 1.29 is 29.0 Å². The zero-order chi connectivity index (χ0) is 31.8. The Kier molecular flexibility index (Phi) is 30.9. The molecule has 0 aromatic carbocycles. The molecular weight excluding hydrogens is 540 g/mol. The molecule has 0 aliphatic carbocycles. The van der Waals surface area contributed by atoms with E-state index in [0.29, 0.717) is 6.42 Å². The number of unbranched alkanes of at least 4 members (excludes halogenated alkanes) is 24. The highest BCUT2D eigenvalue weighted by atomic mass is 16.6. The van der Waals surface area contributed by atoms with Crippen LogP contribution in [0.5, 0.6) is 0 Å². The van der Waals surface area contributed by atoms with Crippen LogP contribution in [0, 0.1) is 0 Å². The minimum Gasteiger partial charge on any atom is -0.462 e. The van der Waals surface area contributed by atoms with Crippen molar-refractivity contribution >= 4 is 17.7 Å². The van der Waals surface area contributed by atoms with E-state index in [9.17, 15) is 19.5 Å². The number of hydrogen-bond donors (Lipinski definition) is 1. The van der Waals surface area contributed by atoms with Crippen LogP contribution in [-0.4, -0.2) is 41.6 Å². The monoisotopic (exact) mass is 611 g/mol. The quantitative estimate of drug-likeness (QED) is 0.0587. The number of ether oxygens (including phenoxy) is 2. The number of aliphatic hydroxyl groups excluding tert-OH is 1. The van der Waals surface area contributed by atoms with Crippen LogP contribution >= 0.6 is 0 Å². The molecule has 0 rings (SSSR count). The van der Waals surface area contributed by atoms with E-state index in [0.717, 1.165) is 32.1 Å². The Morgan fingerprint density at radius 2 is 0.837 bits per heavy atom. The predicted octanol–water partition coefficient (Wildman–Crippen LogP) is 10.4. The maximum absolute atomic E-state index is 12.6. The summed E-state index contributed by atoms with van der Waals surface area (Å²) in [5.74, 6) is -1.34. The Bertz CT molecular complexity index is 649. The number of esters is 2. The molecule has 0 heterocycles. The third-order valence-corrected chi connectivity index (χ3v) is 8.43. The van der Waals surface area contributed by atoms with Crippen LogP contribution in [0.1, 0.15) is 201 Å². The molecule has 6 heteroatoms. The molecule has 254 valence electrons. The maximum atomic E-state index is 12.6. The van der Waals surface area contributed by atoms with Gasteiger partial charge in [-0.1, -0.05) is 168 Å². The highest BCUT2D eigenvalue weighted by Crippen LogP contribution is 2.16. The first-order valence-electron chi connectivity index (χ1n) is 18.5. The average Bonchev–Trinajstić information content (AvgIpc) is 2.99. The molecule has 43 heavy (non-hydrogen) atoms. The van der Waals surface area contributed by atoms with Gasteiger partial charge in [0.25, 0.3) is 0 Å². The maximum Gasteiger partial charge on any atom is 0.306 e. The lowest BCUT2D eigenvalue weighted by atomic mass is 10.0. The number of Topliss-reactive ketones (excluding diaryl/α,β-unsaturated/α-hetero) is 1. The zero-order valence-corrected chi connectivity index (χ0v) is 28.6. The van der Waals surface area contributed by atoms with E-state index >= 15 is 0 Å². The van der Waals surface area contributed by atoms with E-state index in [1.54, 1.807) is 0 Å². The highest BCUT2D eigenvalue weighted by Gasteiger charge is 2.30. The molecule has 0 aliphatic rings. The van der Waals surface area contributed by atoms with Crippen LogP contribution in [0.25, 0.3) is 0 Å². The molecule has 1 N–H and O–H groups in total. The Morgan fingerprint density at radius 1 is 0.512 bits per heavy atom. The second kappa shape index (κ2) is 32.0. The number of aliphatic hydroxyl groups is 1. The molecule has 0 fully saturated rings. The summed E-state index contributed by atoms with van der Waals surface area (Å²) in [5, 5.41) is 10.6. The summed E-state index contributed by atoms with van der Waals surface area (Å²) in [6.45, 7) is 5.46. The fourth-order valence-electron chi connectivity index (χ4n) is 5.58. The van der Waals surface area contributed by atoms with Crippen LogP contribution in [0.15, 0.2) is 0 Å². The molecule has 0 aromatic heterocycles. The molecule has 6 nitrogen and oxygen atoms in total. The van der Waals surface area contributed by atoms with Crippen LogP contribution in [0.2, 0.25) is 0 Å². The number of rotatable bonds is 33. The summed E-state index contributed by atoms with van der Waals surface area (Å²) in [7, 11) is 0. The van der Waals surface area contributed by atoms with Crippen molar-refractivity contribution in [2.75, 3.05) is 6.61 Å². The van der Waals surface area contributed by atoms with Crippen molar-refractivity contribution in [3.05, 3.63) is 0 Å². The van der Waals surface area contributed by atoms with Crippen molar-refractivity contribution in [3.8, 4) is 0 Å². The van der Waals surface area contributed by atoms with E-state index in [2.05, 4.69) is 13.8 Å². The molecule has 2 unspecified atom stereocenters. The molecule has 0 bridgehead atoms. The molecule has 0 aliphatic heterocycles. The standard InChI is InChI=1S/C37H70O6/c1-4-6-8-10-12-14-16-18-20-22-24-26-28-30-34(39)37(41)35(32-42-33(3)38)43-36(40)31-29-27-25-23-21-19-17-15-13-11-9-7-5-2/h35,37,41H,4-32H2,1-3H3. The van der Waals surface area contributed by atoms with Gasteiger partial charge >= 0.3 is 11.9 Å². The van der Waals surface area contributed by atoms with Crippen LogP contribution in [-0.2, 0) is 23.9 Å². The van der Waals surface area contributed by atoms with Gasteiger partial charge in [0, 0.05) is 19.8 Å². The van der Waals surface area contributed by atoms with E-state index in [1.807, 2.05) is 0 Å². The van der Waals surface area contributed by atoms with Gasteiger partial charge in [0.05, 0.1) is 0 Å². The third kappa shape index (κ3) is 29.1. The van der Waals surface area contributed by atoms with E-state index < -0.39 is 24.1 Å². The average molecular weight is 611 g/mol. The fourth-order valence-corrected chi connectivity index (χ4v) is 5.58. The lowest BCUT2D eigenvalue weighted by molar-refractivity contribution is -0.168. The van der Waals surface area contributed by atoms with Crippen molar-refractivity contribution in [2.45, 2.75) is 213 Å². The molecule has 0 saturated heterocycles. The van der Waals surface area contributed by atoms with Gasteiger partial charge in [-0.05, 0) is 12.8 Å². The first kappa shape index (κ1) is 41.6. The zero-order valence-electron chi connectivity index (χ0n) is 28.6. The first-order chi connectivity index (χ1) is 20.9. The van der Waals surface area contributed by atoms with Crippen LogP contribution < -0.4 is 0 Å². The van der Waals surface area contributed by atoms with Gasteiger partial charge in [-0.15, -0.1) is 0 Å². The Hall–Kier alpha value is -1.43. The Morgan fingerprint density at radius 3 is 1.19 bits per heavy atom.